The molecule has 1 amide bonds. The van der Waals surface area contributed by atoms with Crippen molar-refractivity contribution in [3.05, 3.63) is 0 Å². The third-order valence-corrected chi connectivity index (χ3v) is 4.60. The molecule has 1 aliphatic rings. The van der Waals surface area contributed by atoms with E-state index in [1.807, 2.05) is 0 Å². The highest BCUT2D eigenvalue weighted by Crippen LogP contribution is 2.27. The van der Waals surface area contributed by atoms with E-state index >= 15 is 0 Å². The van der Waals surface area contributed by atoms with Gasteiger partial charge in [0.25, 0.3) is 0 Å². The van der Waals surface area contributed by atoms with E-state index in [-0.39, 0.29) is 17.7 Å². The summed E-state index contributed by atoms with van der Waals surface area (Å²) in [6.45, 7) is 2.14. The molecule has 1 rings (SSSR count). The van der Waals surface area contributed by atoms with E-state index in [9.17, 15) is 13.2 Å². The topological polar surface area (TPSA) is 54.5 Å². The van der Waals surface area contributed by atoms with Gasteiger partial charge in [0.2, 0.25) is 15.9 Å². The van der Waals surface area contributed by atoms with E-state index in [2.05, 4.69) is 22.6 Å². The Morgan fingerprint density at radius 2 is 2.15 bits per heavy atom. The van der Waals surface area contributed by atoms with Crippen molar-refractivity contribution in [2.24, 2.45) is 11.8 Å². The predicted molar refractivity (Wildman–Crippen MR) is 58.1 cm³/mol. The van der Waals surface area contributed by atoms with Crippen LogP contribution >= 0.6 is 22.6 Å². The highest BCUT2D eigenvalue weighted by atomic mass is 127. The summed E-state index contributed by atoms with van der Waals surface area (Å²) < 4.78 is 24.1. The van der Waals surface area contributed by atoms with Crippen molar-refractivity contribution in [3.63, 3.8) is 0 Å². The van der Waals surface area contributed by atoms with Crippen molar-refractivity contribution in [3.8, 4) is 0 Å². The molecule has 0 N–H and O–H groups in total. The summed E-state index contributed by atoms with van der Waals surface area (Å²) in [7, 11) is -3.35. The zero-order valence-corrected chi connectivity index (χ0v) is 10.5. The van der Waals surface area contributed by atoms with Crippen LogP contribution in [0, 0.1) is 11.8 Å². The number of nitrogens with zero attached hydrogens (tertiary/aromatic N) is 1. The van der Waals surface area contributed by atoms with Gasteiger partial charge in [-0.05, 0) is 5.92 Å². The normalized spacial score (nSPS) is 29.8. The second kappa shape index (κ2) is 3.72. The maximum absolute atomic E-state index is 11.5. The Labute approximate surface area is 91.9 Å². The highest BCUT2D eigenvalue weighted by Gasteiger charge is 2.40. The molecule has 13 heavy (non-hydrogen) atoms. The van der Waals surface area contributed by atoms with Gasteiger partial charge < -0.3 is 0 Å². The van der Waals surface area contributed by atoms with Crippen molar-refractivity contribution in [1.82, 2.24) is 4.31 Å². The van der Waals surface area contributed by atoms with Crippen LogP contribution in [-0.4, -0.2) is 35.9 Å². The Balaban J connectivity index is 2.90. The number of sulfonamides is 1. The lowest BCUT2D eigenvalue weighted by Crippen LogP contribution is -2.32. The van der Waals surface area contributed by atoms with Gasteiger partial charge in [-0.3, -0.25) is 4.79 Å². The summed E-state index contributed by atoms with van der Waals surface area (Å²) in [6.07, 6.45) is 1.08. The molecular formula is C7H12INO3S. The van der Waals surface area contributed by atoms with Gasteiger partial charge in [-0.2, -0.15) is 0 Å². The fraction of sp³-hybridized carbons (Fsp3) is 0.857. The third-order valence-electron chi connectivity index (χ3n) is 2.34. The van der Waals surface area contributed by atoms with E-state index in [0.29, 0.717) is 6.54 Å². The third kappa shape index (κ3) is 2.15. The van der Waals surface area contributed by atoms with Crippen LogP contribution in [0.2, 0.25) is 0 Å². The van der Waals surface area contributed by atoms with Crippen LogP contribution < -0.4 is 0 Å². The van der Waals surface area contributed by atoms with E-state index in [1.165, 1.54) is 0 Å². The summed E-state index contributed by atoms with van der Waals surface area (Å²) in [4.78, 5) is 11.5. The Kier molecular flexibility index (Phi) is 3.21. The summed E-state index contributed by atoms with van der Waals surface area (Å²) in [5.74, 6) is -0.251. The van der Waals surface area contributed by atoms with Crippen LogP contribution in [0.25, 0.3) is 0 Å². The maximum Gasteiger partial charge on any atom is 0.239 e. The Morgan fingerprint density at radius 1 is 1.62 bits per heavy atom. The monoisotopic (exact) mass is 317 g/mol. The van der Waals surface area contributed by atoms with Crippen LogP contribution in [0.5, 0.6) is 0 Å². The van der Waals surface area contributed by atoms with Crippen LogP contribution in [0.3, 0.4) is 0 Å². The van der Waals surface area contributed by atoms with Crippen molar-refractivity contribution in [2.75, 3.05) is 17.2 Å². The molecule has 6 heteroatoms. The lowest BCUT2D eigenvalue weighted by molar-refractivity contribution is -0.126. The van der Waals surface area contributed by atoms with Gasteiger partial charge >= 0.3 is 0 Å². The number of halogens is 1. The number of alkyl halides is 1. The summed E-state index contributed by atoms with van der Waals surface area (Å²) in [5.41, 5.74) is 0. The minimum absolute atomic E-state index is 0.161. The molecule has 2 atom stereocenters. The number of carbonyl (C=O) groups is 1. The zero-order valence-electron chi connectivity index (χ0n) is 7.53. The first-order chi connectivity index (χ1) is 5.88. The largest absolute Gasteiger partial charge is 0.273 e. The van der Waals surface area contributed by atoms with Crippen molar-refractivity contribution >= 4 is 38.5 Å². The first-order valence-corrected chi connectivity index (χ1v) is 7.33. The lowest BCUT2D eigenvalue weighted by atomic mass is 10.0. The number of amides is 1. The first-order valence-electron chi connectivity index (χ1n) is 3.95. The predicted octanol–water partition coefficient (Wildman–Crippen LogP) is 0.476. The molecule has 0 aromatic rings. The highest BCUT2D eigenvalue weighted by molar-refractivity contribution is 14.1. The molecule has 0 aliphatic carbocycles. The van der Waals surface area contributed by atoms with Gasteiger partial charge in [-0.25, -0.2) is 12.7 Å². The molecule has 0 spiro atoms. The average Bonchev–Trinajstić information content (AvgIpc) is 2.28. The quantitative estimate of drug-likeness (QED) is 0.550. The van der Waals surface area contributed by atoms with Gasteiger partial charge in [0.1, 0.15) is 0 Å². The van der Waals surface area contributed by atoms with Gasteiger partial charge in [0, 0.05) is 16.9 Å². The number of hydrogen-bond acceptors (Lipinski definition) is 3. The SMILES string of the molecule is CC1C(=O)N(S(C)(=O)=O)CC1CI. The maximum atomic E-state index is 11.5. The van der Waals surface area contributed by atoms with E-state index in [0.717, 1.165) is 15.0 Å². The number of carbonyl (C=O) groups excluding carboxylic acids is 1. The van der Waals surface area contributed by atoms with Crippen LogP contribution in [0.4, 0.5) is 0 Å². The first kappa shape index (κ1) is 11.2. The number of rotatable bonds is 2. The molecule has 4 nitrogen and oxygen atoms in total. The zero-order chi connectivity index (χ0) is 10.2. The second-order valence-corrected chi connectivity index (χ2v) is 6.12. The van der Waals surface area contributed by atoms with Crippen molar-refractivity contribution in [1.29, 1.82) is 0 Å². The molecule has 0 radical (unpaired) electrons. The van der Waals surface area contributed by atoms with Crippen LogP contribution in [-0.2, 0) is 14.8 Å². The van der Waals surface area contributed by atoms with Gasteiger partial charge in [0.05, 0.1) is 6.26 Å². The molecule has 76 valence electrons. The lowest BCUT2D eigenvalue weighted by Gasteiger charge is -2.12. The standard InChI is InChI=1S/C7H12INO3S/c1-5-6(3-8)4-9(7(5)10)13(2,11)12/h5-6H,3-4H2,1-2H3. The summed E-state index contributed by atoms with van der Waals surface area (Å²) in [6, 6.07) is 0. The summed E-state index contributed by atoms with van der Waals surface area (Å²) >= 11 is 2.18. The second-order valence-electron chi connectivity index (χ2n) is 3.34. The van der Waals surface area contributed by atoms with Crippen molar-refractivity contribution in [2.45, 2.75) is 6.92 Å². The van der Waals surface area contributed by atoms with Gasteiger partial charge in [-0.1, -0.05) is 29.5 Å². The molecule has 0 aromatic carbocycles. The molecule has 1 fully saturated rings. The molecule has 1 aliphatic heterocycles. The van der Waals surface area contributed by atoms with Crippen LogP contribution in [0.1, 0.15) is 6.92 Å². The fourth-order valence-corrected chi connectivity index (χ4v) is 3.37. The number of hydrogen-bond donors (Lipinski definition) is 0. The minimum atomic E-state index is -3.35. The Morgan fingerprint density at radius 3 is 2.38 bits per heavy atom. The van der Waals surface area contributed by atoms with Gasteiger partial charge in [-0.15, -0.1) is 0 Å². The Hall–Kier alpha value is 0.150. The fourth-order valence-electron chi connectivity index (χ4n) is 1.37. The summed E-state index contributed by atoms with van der Waals surface area (Å²) in [5, 5.41) is 0. The van der Waals surface area contributed by atoms with E-state index in [1.54, 1.807) is 6.92 Å². The molecular weight excluding hydrogens is 305 g/mol. The average molecular weight is 317 g/mol. The molecule has 2 unspecified atom stereocenters. The molecule has 0 bridgehead atoms. The van der Waals surface area contributed by atoms with E-state index < -0.39 is 10.0 Å². The molecule has 1 saturated heterocycles. The molecule has 0 saturated carbocycles. The molecule has 0 aromatic heterocycles. The van der Waals surface area contributed by atoms with Gasteiger partial charge in [0.15, 0.2) is 0 Å². The Bertz CT molecular complexity index is 314. The van der Waals surface area contributed by atoms with Crippen molar-refractivity contribution < 1.29 is 13.2 Å². The minimum Gasteiger partial charge on any atom is -0.273 e. The van der Waals surface area contributed by atoms with E-state index in [4.69, 9.17) is 0 Å². The van der Waals surface area contributed by atoms with Crippen LogP contribution in [0.15, 0.2) is 0 Å². The molecule has 1 heterocycles. The smallest absolute Gasteiger partial charge is 0.239 e.